The van der Waals surface area contributed by atoms with Crippen LogP contribution in [0.1, 0.15) is 48.7 Å². The van der Waals surface area contributed by atoms with E-state index in [1.165, 1.54) is 12.8 Å². The highest BCUT2D eigenvalue weighted by Crippen LogP contribution is 2.28. The van der Waals surface area contributed by atoms with Crippen LogP contribution in [0.5, 0.6) is 0 Å². The molecule has 154 valence electrons. The van der Waals surface area contributed by atoms with Gasteiger partial charge < -0.3 is 10.6 Å². The second kappa shape index (κ2) is 10.2. The zero-order chi connectivity index (χ0) is 18.6. The first-order valence-corrected chi connectivity index (χ1v) is 11.8. The number of hydrogen-bond acceptors (Lipinski definition) is 5. The quantitative estimate of drug-likeness (QED) is 0.720. The number of sulfonamides is 1. The molecule has 3 rings (SSSR count). The Morgan fingerprint density at radius 1 is 1.30 bits per heavy atom. The standard InChI is InChI=1S/C18H29N3O3S2.ClH/c1-14-7-11-21(12-8-14)26(23,24)17-5-4-16(25-17)18(22)20-10-6-15-3-2-9-19-13-15;/h4-5,14-15,19H,2-3,6-13H2,1H3,(H,20,22);1H. The van der Waals surface area contributed by atoms with E-state index in [1.807, 2.05) is 0 Å². The van der Waals surface area contributed by atoms with Crippen molar-refractivity contribution < 1.29 is 13.2 Å². The molecule has 0 aromatic carbocycles. The highest BCUT2D eigenvalue weighted by Gasteiger charge is 2.29. The van der Waals surface area contributed by atoms with Crippen LogP contribution in [0.3, 0.4) is 0 Å². The van der Waals surface area contributed by atoms with Crippen LogP contribution in [0.15, 0.2) is 16.3 Å². The largest absolute Gasteiger partial charge is 0.351 e. The van der Waals surface area contributed by atoms with Crippen molar-refractivity contribution in [3.63, 3.8) is 0 Å². The first kappa shape index (κ1) is 22.6. The van der Waals surface area contributed by atoms with Gasteiger partial charge in [-0.15, -0.1) is 23.7 Å². The molecule has 2 aliphatic rings. The second-order valence-electron chi connectivity index (χ2n) is 7.46. The van der Waals surface area contributed by atoms with Crippen LogP contribution >= 0.6 is 23.7 Å². The van der Waals surface area contributed by atoms with Gasteiger partial charge in [-0.1, -0.05) is 6.92 Å². The average molecular weight is 436 g/mol. The lowest BCUT2D eigenvalue weighted by Gasteiger charge is -2.28. The average Bonchev–Trinajstić information content (AvgIpc) is 3.14. The molecule has 1 aromatic heterocycles. The van der Waals surface area contributed by atoms with Crippen LogP contribution in [0, 0.1) is 11.8 Å². The van der Waals surface area contributed by atoms with Gasteiger partial charge in [-0.25, -0.2) is 8.42 Å². The van der Waals surface area contributed by atoms with Gasteiger partial charge in [0.1, 0.15) is 4.21 Å². The number of nitrogens with zero attached hydrogens (tertiary/aromatic N) is 1. The number of piperidine rings is 2. The van der Waals surface area contributed by atoms with Crippen molar-refractivity contribution in [3.05, 3.63) is 17.0 Å². The van der Waals surface area contributed by atoms with Gasteiger partial charge in [0.25, 0.3) is 15.9 Å². The van der Waals surface area contributed by atoms with E-state index in [2.05, 4.69) is 17.6 Å². The van der Waals surface area contributed by atoms with Crippen LogP contribution in [-0.4, -0.2) is 51.4 Å². The van der Waals surface area contributed by atoms with Gasteiger partial charge in [0.2, 0.25) is 0 Å². The van der Waals surface area contributed by atoms with Crippen molar-refractivity contribution in [2.24, 2.45) is 11.8 Å². The lowest BCUT2D eigenvalue weighted by atomic mass is 9.96. The van der Waals surface area contributed by atoms with Gasteiger partial charge in [0.15, 0.2) is 0 Å². The van der Waals surface area contributed by atoms with Crippen LogP contribution in [0.4, 0.5) is 0 Å². The number of halogens is 1. The van der Waals surface area contributed by atoms with E-state index in [-0.39, 0.29) is 22.5 Å². The lowest BCUT2D eigenvalue weighted by molar-refractivity contribution is 0.0954. The number of amides is 1. The summed E-state index contributed by atoms with van der Waals surface area (Å²) in [6, 6.07) is 3.19. The Morgan fingerprint density at radius 2 is 2.04 bits per heavy atom. The van der Waals surface area contributed by atoms with E-state index in [0.29, 0.717) is 36.3 Å². The van der Waals surface area contributed by atoms with Crippen molar-refractivity contribution >= 4 is 39.7 Å². The van der Waals surface area contributed by atoms with Gasteiger partial charge in [-0.05, 0) is 69.2 Å². The molecule has 0 aliphatic carbocycles. The molecule has 2 aliphatic heterocycles. The fourth-order valence-electron chi connectivity index (χ4n) is 3.58. The molecule has 2 saturated heterocycles. The Morgan fingerprint density at radius 3 is 2.70 bits per heavy atom. The predicted molar refractivity (Wildman–Crippen MR) is 111 cm³/mol. The Bertz CT molecular complexity index is 709. The predicted octanol–water partition coefficient (Wildman–Crippen LogP) is 2.71. The SMILES string of the molecule is CC1CCN(S(=O)(=O)c2ccc(C(=O)NCCC3CCCNC3)s2)CC1.Cl. The first-order valence-electron chi connectivity index (χ1n) is 9.55. The molecule has 1 unspecified atom stereocenters. The zero-order valence-corrected chi connectivity index (χ0v) is 18.2. The summed E-state index contributed by atoms with van der Waals surface area (Å²) in [5.41, 5.74) is 0. The normalized spacial score (nSPS) is 22.2. The Balaban J connectivity index is 0.00000261. The highest BCUT2D eigenvalue weighted by atomic mass is 35.5. The number of hydrogen-bond donors (Lipinski definition) is 2. The fourth-order valence-corrected chi connectivity index (χ4v) is 6.43. The molecule has 9 heteroatoms. The Hall–Kier alpha value is -0.670. The number of carbonyl (C=O) groups excluding carboxylic acids is 1. The molecule has 6 nitrogen and oxygen atoms in total. The highest BCUT2D eigenvalue weighted by molar-refractivity contribution is 7.91. The van der Waals surface area contributed by atoms with E-state index in [4.69, 9.17) is 0 Å². The number of carbonyl (C=O) groups is 1. The van der Waals surface area contributed by atoms with Crippen molar-refractivity contribution in [1.82, 2.24) is 14.9 Å². The summed E-state index contributed by atoms with van der Waals surface area (Å²) in [7, 11) is -3.47. The van der Waals surface area contributed by atoms with Crippen molar-refractivity contribution in [2.45, 2.75) is 43.2 Å². The molecular formula is C18H30ClN3O3S2. The lowest BCUT2D eigenvalue weighted by Crippen LogP contribution is -2.37. The van der Waals surface area contributed by atoms with E-state index in [9.17, 15) is 13.2 Å². The third-order valence-corrected chi connectivity index (χ3v) is 8.83. The molecule has 0 saturated carbocycles. The van der Waals surface area contributed by atoms with Gasteiger partial charge in [0, 0.05) is 19.6 Å². The molecule has 27 heavy (non-hydrogen) atoms. The van der Waals surface area contributed by atoms with Crippen molar-refractivity contribution in [2.75, 3.05) is 32.7 Å². The summed E-state index contributed by atoms with van der Waals surface area (Å²) < 4.78 is 27.3. The number of nitrogens with one attached hydrogen (secondary N) is 2. The van der Waals surface area contributed by atoms with Crippen molar-refractivity contribution in [1.29, 1.82) is 0 Å². The third-order valence-electron chi connectivity index (χ3n) is 5.38. The number of thiophene rings is 1. The molecule has 0 bridgehead atoms. The monoisotopic (exact) mass is 435 g/mol. The van der Waals surface area contributed by atoms with Crippen LogP contribution in [0.2, 0.25) is 0 Å². The maximum atomic E-state index is 12.7. The fraction of sp³-hybridized carbons (Fsp3) is 0.722. The number of rotatable bonds is 6. The summed E-state index contributed by atoms with van der Waals surface area (Å²) in [6.07, 6.45) is 5.15. The maximum Gasteiger partial charge on any atom is 0.261 e. The van der Waals surface area contributed by atoms with E-state index < -0.39 is 10.0 Å². The summed E-state index contributed by atoms with van der Waals surface area (Å²) in [5.74, 6) is 1.02. The molecular weight excluding hydrogens is 406 g/mol. The summed E-state index contributed by atoms with van der Waals surface area (Å²) in [4.78, 5) is 12.8. The van der Waals surface area contributed by atoms with E-state index >= 15 is 0 Å². The summed E-state index contributed by atoms with van der Waals surface area (Å²) >= 11 is 1.07. The van der Waals surface area contributed by atoms with Crippen LogP contribution in [0.25, 0.3) is 0 Å². The van der Waals surface area contributed by atoms with E-state index in [0.717, 1.165) is 43.7 Å². The molecule has 1 amide bonds. The minimum Gasteiger partial charge on any atom is -0.351 e. The summed E-state index contributed by atoms with van der Waals surface area (Å²) in [5, 5.41) is 6.31. The van der Waals surface area contributed by atoms with Gasteiger partial charge >= 0.3 is 0 Å². The molecule has 2 fully saturated rings. The topological polar surface area (TPSA) is 78.5 Å². The third kappa shape index (κ3) is 5.90. The minimum absolute atomic E-state index is 0. The van der Waals surface area contributed by atoms with Gasteiger partial charge in [-0.3, -0.25) is 4.79 Å². The Kier molecular flexibility index (Phi) is 8.55. The molecule has 1 atom stereocenters. The molecule has 0 radical (unpaired) electrons. The van der Waals surface area contributed by atoms with Crippen LogP contribution in [-0.2, 0) is 10.0 Å². The molecule has 1 aromatic rings. The molecule has 0 spiro atoms. The molecule has 3 heterocycles. The first-order chi connectivity index (χ1) is 12.5. The minimum atomic E-state index is -3.47. The summed E-state index contributed by atoms with van der Waals surface area (Å²) in [6.45, 7) is 6.03. The van der Waals surface area contributed by atoms with Crippen LogP contribution < -0.4 is 10.6 Å². The van der Waals surface area contributed by atoms with Crippen molar-refractivity contribution in [3.8, 4) is 0 Å². The zero-order valence-electron chi connectivity index (χ0n) is 15.8. The maximum absolute atomic E-state index is 12.7. The van der Waals surface area contributed by atoms with E-state index in [1.54, 1.807) is 16.4 Å². The van der Waals surface area contributed by atoms with Gasteiger partial charge in [0.05, 0.1) is 4.88 Å². The molecule has 2 N–H and O–H groups in total. The Labute approximate surface area is 172 Å². The van der Waals surface area contributed by atoms with Gasteiger partial charge in [-0.2, -0.15) is 4.31 Å². The second-order valence-corrected chi connectivity index (χ2v) is 10.7. The smallest absolute Gasteiger partial charge is 0.261 e.